The molecule has 1 aromatic rings. The van der Waals surface area contributed by atoms with Crippen LogP contribution in [0.3, 0.4) is 0 Å². The van der Waals surface area contributed by atoms with Gasteiger partial charge >= 0.3 is 0 Å². The molecule has 2 fully saturated rings. The topological polar surface area (TPSA) is 55.9 Å². The van der Waals surface area contributed by atoms with Crippen molar-refractivity contribution in [3.63, 3.8) is 0 Å². The number of anilines is 2. The monoisotopic (exact) mass is 248 g/mol. The molecule has 0 aromatic carbocycles. The van der Waals surface area contributed by atoms with E-state index in [-0.39, 0.29) is 0 Å². The Bertz CT molecular complexity index is 437. The van der Waals surface area contributed by atoms with Crippen LogP contribution >= 0.6 is 0 Å². The fourth-order valence-electron chi connectivity index (χ4n) is 3.92. The molecule has 3 atom stereocenters. The third-order valence-electron chi connectivity index (χ3n) is 4.91. The van der Waals surface area contributed by atoms with E-state index in [0.29, 0.717) is 0 Å². The second kappa shape index (κ2) is 4.48. The number of nitrogens with two attached hydrogens (primary N) is 1. The molecular formula is C14H24N4. The van der Waals surface area contributed by atoms with Gasteiger partial charge in [0.05, 0.1) is 11.4 Å². The Hall–Kier alpha value is -1.19. The minimum Gasteiger partial charge on any atom is -0.394 e. The number of hydrogen-bond donors (Lipinski definition) is 2. The summed E-state index contributed by atoms with van der Waals surface area (Å²) in [6.45, 7) is 3.16. The molecule has 0 spiro atoms. The highest BCUT2D eigenvalue weighted by molar-refractivity contribution is 5.65. The summed E-state index contributed by atoms with van der Waals surface area (Å²) in [6.07, 6.45) is 6.69. The molecule has 0 radical (unpaired) electrons. The van der Waals surface area contributed by atoms with E-state index in [2.05, 4.69) is 17.3 Å². The van der Waals surface area contributed by atoms with Crippen LogP contribution in [0.1, 0.15) is 38.3 Å². The molecular weight excluding hydrogens is 224 g/mol. The van der Waals surface area contributed by atoms with Gasteiger partial charge in [-0.3, -0.25) is 4.68 Å². The average Bonchev–Trinajstić information content (AvgIpc) is 3.03. The molecule has 3 N–H and O–H groups in total. The highest BCUT2D eigenvalue weighted by Crippen LogP contribution is 2.48. The lowest BCUT2D eigenvalue weighted by Crippen LogP contribution is -2.21. The van der Waals surface area contributed by atoms with Gasteiger partial charge in [0.25, 0.3) is 0 Å². The average molecular weight is 248 g/mol. The van der Waals surface area contributed by atoms with Crippen LogP contribution in [0.2, 0.25) is 0 Å². The smallest absolute Gasteiger partial charge is 0.147 e. The summed E-state index contributed by atoms with van der Waals surface area (Å²) in [4.78, 5) is 0. The predicted molar refractivity (Wildman–Crippen MR) is 74.4 cm³/mol. The summed E-state index contributed by atoms with van der Waals surface area (Å²) in [5.74, 6) is 3.83. The SMILES string of the molecule is CCc1nn(C)c(NCC2CC3CCC2C3)c1N. The van der Waals surface area contributed by atoms with Crippen molar-refractivity contribution in [2.45, 2.75) is 39.0 Å². The largest absolute Gasteiger partial charge is 0.394 e. The van der Waals surface area contributed by atoms with Crippen molar-refractivity contribution in [3.8, 4) is 0 Å². The normalized spacial score (nSPS) is 30.0. The van der Waals surface area contributed by atoms with Crippen molar-refractivity contribution in [1.29, 1.82) is 0 Å². The summed E-state index contributed by atoms with van der Waals surface area (Å²) in [7, 11) is 1.97. The van der Waals surface area contributed by atoms with Crippen molar-refractivity contribution >= 4 is 11.5 Å². The van der Waals surface area contributed by atoms with Gasteiger partial charge in [0, 0.05) is 13.6 Å². The van der Waals surface area contributed by atoms with Crippen LogP contribution in [0, 0.1) is 17.8 Å². The van der Waals surface area contributed by atoms with E-state index in [1.807, 2.05) is 11.7 Å². The van der Waals surface area contributed by atoms with E-state index < -0.39 is 0 Å². The van der Waals surface area contributed by atoms with E-state index in [9.17, 15) is 0 Å². The molecule has 0 amide bonds. The number of rotatable bonds is 4. The van der Waals surface area contributed by atoms with Gasteiger partial charge in [0.1, 0.15) is 5.82 Å². The number of hydrogen-bond acceptors (Lipinski definition) is 3. The van der Waals surface area contributed by atoms with Gasteiger partial charge in [-0.1, -0.05) is 13.3 Å². The van der Waals surface area contributed by atoms with E-state index in [4.69, 9.17) is 5.73 Å². The van der Waals surface area contributed by atoms with Gasteiger partial charge in [0.15, 0.2) is 0 Å². The van der Waals surface area contributed by atoms with Crippen LogP contribution in [-0.4, -0.2) is 16.3 Å². The van der Waals surface area contributed by atoms with Crippen LogP contribution in [0.5, 0.6) is 0 Å². The number of aromatic nitrogens is 2. The molecule has 0 aliphatic heterocycles. The number of nitrogens with zero attached hydrogens (tertiary/aromatic N) is 2. The maximum Gasteiger partial charge on any atom is 0.147 e. The first kappa shape index (κ1) is 11.9. The Morgan fingerprint density at radius 1 is 1.39 bits per heavy atom. The zero-order chi connectivity index (χ0) is 12.7. The Kier molecular flexibility index (Phi) is 2.96. The summed E-state index contributed by atoms with van der Waals surface area (Å²) >= 11 is 0. The van der Waals surface area contributed by atoms with Gasteiger partial charge in [-0.05, 0) is 43.4 Å². The van der Waals surface area contributed by atoms with Gasteiger partial charge < -0.3 is 11.1 Å². The molecule has 1 heterocycles. The molecule has 4 nitrogen and oxygen atoms in total. The van der Waals surface area contributed by atoms with Gasteiger partial charge in [-0.2, -0.15) is 5.10 Å². The Morgan fingerprint density at radius 2 is 2.22 bits per heavy atom. The zero-order valence-corrected chi connectivity index (χ0v) is 11.4. The van der Waals surface area contributed by atoms with Crippen LogP contribution < -0.4 is 11.1 Å². The maximum absolute atomic E-state index is 6.13. The maximum atomic E-state index is 6.13. The predicted octanol–water partition coefficient (Wildman–Crippen LogP) is 2.41. The molecule has 3 unspecified atom stereocenters. The molecule has 1 aromatic heterocycles. The van der Waals surface area contributed by atoms with E-state index in [1.165, 1.54) is 25.7 Å². The fourth-order valence-corrected chi connectivity index (χ4v) is 3.92. The van der Waals surface area contributed by atoms with Crippen molar-refractivity contribution in [3.05, 3.63) is 5.69 Å². The van der Waals surface area contributed by atoms with Crippen LogP contribution in [-0.2, 0) is 13.5 Å². The quantitative estimate of drug-likeness (QED) is 0.860. The second-order valence-electron chi connectivity index (χ2n) is 6.00. The van der Waals surface area contributed by atoms with Gasteiger partial charge in [-0.25, -0.2) is 0 Å². The minimum absolute atomic E-state index is 0.836. The molecule has 2 saturated carbocycles. The summed E-state index contributed by atoms with van der Waals surface area (Å²) < 4.78 is 1.89. The summed E-state index contributed by atoms with van der Waals surface area (Å²) in [5.41, 5.74) is 7.97. The molecule has 2 bridgehead atoms. The van der Waals surface area contributed by atoms with Gasteiger partial charge in [-0.15, -0.1) is 0 Å². The van der Waals surface area contributed by atoms with Crippen molar-refractivity contribution in [2.24, 2.45) is 24.8 Å². The van der Waals surface area contributed by atoms with Crippen molar-refractivity contribution in [2.75, 3.05) is 17.6 Å². The molecule has 2 aliphatic carbocycles. The third kappa shape index (κ3) is 1.88. The van der Waals surface area contributed by atoms with Crippen molar-refractivity contribution < 1.29 is 0 Å². The van der Waals surface area contributed by atoms with E-state index in [1.54, 1.807) is 0 Å². The standard InChI is InChI=1S/C14H24N4/c1-3-12-13(15)14(18(2)17-12)16-8-11-7-9-4-5-10(11)6-9/h9-11,16H,3-8,15H2,1-2H3. The van der Waals surface area contributed by atoms with Crippen LogP contribution in [0.4, 0.5) is 11.5 Å². The van der Waals surface area contributed by atoms with Crippen molar-refractivity contribution in [1.82, 2.24) is 9.78 Å². The van der Waals surface area contributed by atoms with E-state index in [0.717, 1.165) is 47.9 Å². The van der Waals surface area contributed by atoms with Gasteiger partial charge in [0.2, 0.25) is 0 Å². The second-order valence-corrected chi connectivity index (χ2v) is 6.00. The third-order valence-corrected chi connectivity index (χ3v) is 4.91. The van der Waals surface area contributed by atoms with Crippen LogP contribution in [0.15, 0.2) is 0 Å². The van der Waals surface area contributed by atoms with E-state index >= 15 is 0 Å². The molecule has 18 heavy (non-hydrogen) atoms. The highest BCUT2D eigenvalue weighted by Gasteiger charge is 2.39. The number of aryl methyl sites for hydroxylation is 2. The minimum atomic E-state index is 0.836. The fraction of sp³-hybridized carbons (Fsp3) is 0.786. The zero-order valence-electron chi connectivity index (χ0n) is 11.4. The molecule has 2 aliphatic rings. The Labute approximate surface area is 109 Å². The summed E-state index contributed by atoms with van der Waals surface area (Å²) in [6, 6.07) is 0. The van der Waals surface area contributed by atoms with Crippen LogP contribution in [0.25, 0.3) is 0 Å². The highest BCUT2D eigenvalue weighted by atomic mass is 15.3. The first-order chi connectivity index (χ1) is 8.69. The molecule has 0 saturated heterocycles. The molecule has 3 rings (SSSR count). The lowest BCUT2D eigenvalue weighted by molar-refractivity contribution is 0.348. The molecule has 4 heteroatoms. The Balaban J connectivity index is 1.65. The number of nitrogens with one attached hydrogen (secondary N) is 1. The first-order valence-electron chi connectivity index (χ1n) is 7.24. The summed E-state index contributed by atoms with van der Waals surface area (Å²) in [5, 5.41) is 7.99. The lowest BCUT2D eigenvalue weighted by atomic mass is 9.89. The first-order valence-corrected chi connectivity index (χ1v) is 7.24. The number of fused-ring (bicyclic) bond motifs is 2. The lowest BCUT2D eigenvalue weighted by Gasteiger charge is -2.22. The Morgan fingerprint density at radius 3 is 2.78 bits per heavy atom. The number of nitrogen functional groups attached to an aromatic ring is 1. The molecule has 100 valence electrons.